The minimum absolute atomic E-state index is 0.0183. The molecule has 2 unspecified atom stereocenters. The zero-order valence-corrected chi connectivity index (χ0v) is 12.7. The van der Waals surface area contributed by atoms with E-state index in [4.69, 9.17) is 17.3 Å². The zero-order valence-electron chi connectivity index (χ0n) is 11.1. The van der Waals surface area contributed by atoms with E-state index in [9.17, 15) is 4.79 Å². The Labute approximate surface area is 122 Å². The topological polar surface area (TPSA) is 59.2 Å². The van der Waals surface area contributed by atoms with Gasteiger partial charge in [0.1, 0.15) is 5.01 Å². The average molecular weight is 302 g/mol. The predicted molar refractivity (Wildman–Crippen MR) is 78.2 cm³/mol. The Bertz CT molecular complexity index is 437. The van der Waals surface area contributed by atoms with Crippen molar-refractivity contribution in [3.05, 3.63) is 16.1 Å². The number of hydrogen-bond donors (Lipinski definition) is 1. The summed E-state index contributed by atoms with van der Waals surface area (Å²) in [7, 11) is 0. The molecule has 106 valence electrons. The fraction of sp³-hybridized carbons (Fsp3) is 0.692. The number of amides is 1. The molecule has 0 radical (unpaired) electrons. The van der Waals surface area contributed by atoms with Gasteiger partial charge in [-0.15, -0.1) is 22.9 Å². The molecule has 1 aromatic rings. The summed E-state index contributed by atoms with van der Waals surface area (Å²) in [4.78, 5) is 18.3. The highest BCUT2D eigenvalue weighted by Gasteiger charge is 2.29. The lowest BCUT2D eigenvalue weighted by Crippen LogP contribution is -2.42. The Morgan fingerprint density at radius 2 is 2.53 bits per heavy atom. The lowest BCUT2D eigenvalue weighted by molar-refractivity contribution is -0.123. The second-order valence-corrected chi connectivity index (χ2v) is 6.13. The number of piperidine rings is 1. The largest absolute Gasteiger partial charge is 0.369 e. The van der Waals surface area contributed by atoms with Gasteiger partial charge in [0, 0.05) is 11.9 Å². The molecule has 19 heavy (non-hydrogen) atoms. The van der Waals surface area contributed by atoms with Gasteiger partial charge in [0.05, 0.1) is 23.5 Å². The molecular formula is C13H20ClN3OS. The summed E-state index contributed by atoms with van der Waals surface area (Å²) >= 11 is 7.46. The van der Waals surface area contributed by atoms with Crippen LogP contribution in [0.3, 0.4) is 0 Å². The lowest BCUT2D eigenvalue weighted by atomic mass is 9.96. The summed E-state index contributed by atoms with van der Waals surface area (Å²) in [6.07, 6.45) is 2.92. The Morgan fingerprint density at radius 1 is 1.74 bits per heavy atom. The summed E-state index contributed by atoms with van der Waals surface area (Å²) in [6, 6.07) is 0.282. The number of aromatic nitrogens is 1. The molecule has 1 saturated heterocycles. The van der Waals surface area contributed by atoms with E-state index in [-0.39, 0.29) is 17.9 Å². The Kier molecular flexibility index (Phi) is 5.19. The third-order valence-corrected chi connectivity index (χ3v) is 4.94. The van der Waals surface area contributed by atoms with Crippen LogP contribution in [0, 0.1) is 5.92 Å². The van der Waals surface area contributed by atoms with Gasteiger partial charge in [-0.3, -0.25) is 9.69 Å². The molecule has 1 amide bonds. The van der Waals surface area contributed by atoms with Gasteiger partial charge < -0.3 is 5.73 Å². The van der Waals surface area contributed by atoms with E-state index >= 15 is 0 Å². The van der Waals surface area contributed by atoms with Crippen LogP contribution >= 0.6 is 22.9 Å². The van der Waals surface area contributed by atoms with E-state index in [1.54, 1.807) is 11.3 Å². The SMILES string of the molecule is CCC(c1nc(CCl)cs1)N1CCCC(C(N)=O)C1. The number of rotatable bonds is 5. The minimum atomic E-state index is -0.180. The summed E-state index contributed by atoms with van der Waals surface area (Å²) in [5, 5.41) is 3.11. The van der Waals surface area contributed by atoms with E-state index in [1.165, 1.54) is 0 Å². The van der Waals surface area contributed by atoms with Crippen molar-refractivity contribution in [3.63, 3.8) is 0 Å². The van der Waals surface area contributed by atoms with Crippen LogP contribution in [0.2, 0.25) is 0 Å². The lowest BCUT2D eigenvalue weighted by Gasteiger charge is -2.36. The fourth-order valence-corrected chi connectivity index (χ4v) is 3.91. The number of primary amides is 1. The molecule has 6 heteroatoms. The van der Waals surface area contributed by atoms with E-state index in [2.05, 4.69) is 16.8 Å². The van der Waals surface area contributed by atoms with Crippen molar-refractivity contribution in [2.24, 2.45) is 11.7 Å². The normalized spacial score (nSPS) is 22.3. The van der Waals surface area contributed by atoms with Crippen LogP contribution in [0.4, 0.5) is 0 Å². The second-order valence-electron chi connectivity index (χ2n) is 4.97. The van der Waals surface area contributed by atoms with Crippen molar-refractivity contribution >= 4 is 28.8 Å². The van der Waals surface area contributed by atoms with Gasteiger partial charge in [-0.2, -0.15) is 0 Å². The number of hydrogen-bond acceptors (Lipinski definition) is 4. The first kappa shape index (κ1) is 14.8. The monoisotopic (exact) mass is 301 g/mol. The number of carbonyl (C=O) groups is 1. The maximum Gasteiger partial charge on any atom is 0.221 e. The van der Waals surface area contributed by atoms with Crippen LogP contribution in [0.15, 0.2) is 5.38 Å². The van der Waals surface area contributed by atoms with Gasteiger partial charge in [0.15, 0.2) is 0 Å². The number of likely N-dealkylation sites (tertiary alicyclic amines) is 1. The maximum atomic E-state index is 11.4. The van der Waals surface area contributed by atoms with Crippen molar-refractivity contribution < 1.29 is 4.79 Å². The van der Waals surface area contributed by atoms with Crippen LogP contribution in [0.1, 0.15) is 42.9 Å². The second kappa shape index (κ2) is 6.68. The molecule has 0 aliphatic carbocycles. The highest BCUT2D eigenvalue weighted by Crippen LogP contribution is 2.31. The molecular weight excluding hydrogens is 282 g/mol. The number of nitrogens with zero attached hydrogens (tertiary/aromatic N) is 2. The molecule has 1 aliphatic rings. The molecule has 0 bridgehead atoms. The molecule has 0 spiro atoms. The zero-order chi connectivity index (χ0) is 13.8. The van der Waals surface area contributed by atoms with Crippen molar-refractivity contribution in [3.8, 4) is 0 Å². The number of halogens is 1. The van der Waals surface area contributed by atoms with Crippen LogP contribution in [-0.4, -0.2) is 28.9 Å². The maximum absolute atomic E-state index is 11.4. The number of alkyl halides is 1. The fourth-order valence-electron chi connectivity index (χ4n) is 2.65. The molecule has 1 aliphatic heterocycles. The van der Waals surface area contributed by atoms with Gasteiger partial charge in [0.2, 0.25) is 5.91 Å². The molecule has 2 atom stereocenters. The van der Waals surface area contributed by atoms with Crippen molar-refractivity contribution in [1.82, 2.24) is 9.88 Å². The molecule has 1 aromatic heterocycles. The molecule has 2 rings (SSSR count). The third kappa shape index (κ3) is 3.46. The van der Waals surface area contributed by atoms with Gasteiger partial charge in [-0.25, -0.2) is 4.98 Å². The van der Waals surface area contributed by atoms with Crippen molar-refractivity contribution in [1.29, 1.82) is 0 Å². The average Bonchev–Trinajstić information content (AvgIpc) is 2.89. The first-order valence-electron chi connectivity index (χ1n) is 6.69. The minimum Gasteiger partial charge on any atom is -0.369 e. The molecule has 2 N–H and O–H groups in total. The van der Waals surface area contributed by atoms with Crippen LogP contribution in [0.25, 0.3) is 0 Å². The quantitative estimate of drug-likeness (QED) is 0.850. The number of nitrogens with two attached hydrogens (primary N) is 1. The van der Waals surface area contributed by atoms with Crippen molar-refractivity contribution in [2.45, 2.75) is 38.1 Å². The summed E-state index contributed by atoms with van der Waals surface area (Å²) in [6.45, 7) is 3.92. The highest BCUT2D eigenvalue weighted by molar-refractivity contribution is 7.09. The Morgan fingerprint density at radius 3 is 3.11 bits per heavy atom. The van der Waals surface area contributed by atoms with Gasteiger partial charge >= 0.3 is 0 Å². The van der Waals surface area contributed by atoms with E-state index in [1.807, 2.05) is 5.38 Å². The molecule has 1 fully saturated rings. The standard InChI is InChI=1S/C13H20ClN3OS/c1-2-11(13-16-10(6-14)8-19-13)17-5-3-4-9(7-17)12(15)18/h8-9,11H,2-7H2,1H3,(H2,15,18). The van der Waals surface area contributed by atoms with Gasteiger partial charge in [-0.1, -0.05) is 6.92 Å². The smallest absolute Gasteiger partial charge is 0.221 e. The van der Waals surface area contributed by atoms with Gasteiger partial charge in [0.25, 0.3) is 0 Å². The Balaban J connectivity index is 2.10. The van der Waals surface area contributed by atoms with E-state index in [0.29, 0.717) is 5.88 Å². The molecule has 0 saturated carbocycles. The third-order valence-electron chi connectivity index (χ3n) is 3.67. The van der Waals surface area contributed by atoms with Gasteiger partial charge in [-0.05, 0) is 25.8 Å². The molecule has 2 heterocycles. The van der Waals surface area contributed by atoms with Crippen LogP contribution in [0.5, 0.6) is 0 Å². The van der Waals surface area contributed by atoms with Crippen LogP contribution < -0.4 is 5.73 Å². The molecule has 4 nitrogen and oxygen atoms in total. The first-order valence-corrected chi connectivity index (χ1v) is 8.10. The first-order chi connectivity index (χ1) is 9.15. The van der Waals surface area contributed by atoms with Crippen LogP contribution in [-0.2, 0) is 10.7 Å². The molecule has 0 aromatic carbocycles. The van der Waals surface area contributed by atoms with E-state index < -0.39 is 0 Å². The van der Waals surface area contributed by atoms with E-state index in [0.717, 1.165) is 43.1 Å². The Hall–Kier alpha value is -0.650. The van der Waals surface area contributed by atoms with Crippen molar-refractivity contribution in [2.75, 3.05) is 13.1 Å². The number of thiazole rings is 1. The summed E-state index contributed by atoms with van der Waals surface area (Å²) in [5.74, 6) is 0.256. The summed E-state index contributed by atoms with van der Waals surface area (Å²) in [5.41, 5.74) is 6.37. The highest BCUT2D eigenvalue weighted by atomic mass is 35.5. The summed E-state index contributed by atoms with van der Waals surface area (Å²) < 4.78 is 0. The predicted octanol–water partition coefficient (Wildman–Crippen LogP) is 2.53. The number of carbonyl (C=O) groups excluding carboxylic acids is 1.